The van der Waals surface area contributed by atoms with Crippen LogP contribution in [-0.2, 0) is 4.74 Å². The molecule has 2 aliphatic heterocycles. The van der Waals surface area contributed by atoms with Gasteiger partial charge in [0.05, 0.1) is 19.4 Å². The molecule has 30 heavy (non-hydrogen) atoms. The fourth-order valence-corrected chi connectivity index (χ4v) is 3.82. The Labute approximate surface area is 175 Å². The van der Waals surface area contributed by atoms with Crippen LogP contribution in [0.5, 0.6) is 0 Å². The molecule has 8 nitrogen and oxygen atoms in total. The molecule has 0 atom stereocenters. The Morgan fingerprint density at radius 1 is 0.833 bits per heavy atom. The maximum atomic E-state index is 5.46. The van der Waals surface area contributed by atoms with E-state index in [9.17, 15) is 0 Å². The highest BCUT2D eigenvalue weighted by atomic mass is 16.5. The van der Waals surface area contributed by atoms with Crippen LogP contribution in [0.2, 0.25) is 0 Å². The van der Waals surface area contributed by atoms with Crippen molar-refractivity contribution < 1.29 is 4.74 Å². The molecule has 154 valence electrons. The number of ether oxygens (including phenoxy) is 1. The van der Waals surface area contributed by atoms with Gasteiger partial charge in [-0.2, -0.15) is 20.1 Å². The first-order valence-corrected chi connectivity index (χ1v) is 10.5. The average Bonchev–Trinajstić information content (AvgIpc) is 3.35. The highest BCUT2D eigenvalue weighted by Crippen LogP contribution is 2.21. The number of benzene rings is 2. The van der Waals surface area contributed by atoms with Crippen LogP contribution in [0, 0.1) is 0 Å². The largest absolute Gasteiger partial charge is 0.378 e. The Morgan fingerprint density at radius 3 is 2.30 bits per heavy atom. The van der Waals surface area contributed by atoms with Gasteiger partial charge < -0.3 is 14.5 Å². The zero-order valence-electron chi connectivity index (χ0n) is 16.9. The summed E-state index contributed by atoms with van der Waals surface area (Å²) < 4.78 is 5.46. The molecule has 0 radical (unpaired) electrons. The van der Waals surface area contributed by atoms with E-state index in [1.54, 1.807) is 6.21 Å². The van der Waals surface area contributed by atoms with E-state index >= 15 is 0 Å². The van der Waals surface area contributed by atoms with Gasteiger partial charge in [0.1, 0.15) is 0 Å². The van der Waals surface area contributed by atoms with Gasteiger partial charge in [-0.05, 0) is 35.2 Å². The molecule has 3 heterocycles. The number of hydrogen-bond acceptors (Lipinski definition) is 8. The van der Waals surface area contributed by atoms with Gasteiger partial charge in [-0.1, -0.05) is 36.4 Å². The lowest BCUT2D eigenvalue weighted by Crippen LogP contribution is -2.38. The zero-order valence-corrected chi connectivity index (χ0v) is 16.9. The van der Waals surface area contributed by atoms with Crippen molar-refractivity contribution in [2.75, 3.05) is 54.6 Å². The summed E-state index contributed by atoms with van der Waals surface area (Å²) in [5.41, 5.74) is 4.02. The lowest BCUT2D eigenvalue weighted by atomic mass is 10.1. The van der Waals surface area contributed by atoms with Crippen LogP contribution < -0.4 is 15.2 Å². The number of nitrogens with zero attached hydrogens (tertiary/aromatic N) is 6. The predicted molar refractivity (Wildman–Crippen MR) is 119 cm³/mol. The van der Waals surface area contributed by atoms with E-state index in [0.29, 0.717) is 31.1 Å². The smallest absolute Gasteiger partial charge is 0.250 e. The number of anilines is 3. The first kappa shape index (κ1) is 18.7. The van der Waals surface area contributed by atoms with E-state index in [0.717, 1.165) is 31.7 Å². The third-order valence-corrected chi connectivity index (χ3v) is 5.45. The minimum atomic E-state index is 0.463. The van der Waals surface area contributed by atoms with Crippen molar-refractivity contribution >= 4 is 34.8 Å². The predicted octanol–water partition coefficient (Wildman–Crippen LogP) is 2.91. The van der Waals surface area contributed by atoms with Crippen LogP contribution in [0.15, 0.2) is 47.6 Å². The van der Waals surface area contributed by atoms with E-state index in [2.05, 4.69) is 60.6 Å². The van der Waals surface area contributed by atoms with Crippen LogP contribution in [-0.4, -0.2) is 60.6 Å². The quantitative estimate of drug-likeness (QED) is 0.518. The Bertz CT molecular complexity index is 1040. The SMILES string of the molecule is C(=N/Nc1nc(N2CCCC2)nc(N2CCOCC2)n1)/c1ccc2ccccc2c1. The second-order valence-electron chi connectivity index (χ2n) is 7.53. The summed E-state index contributed by atoms with van der Waals surface area (Å²) >= 11 is 0. The zero-order chi connectivity index (χ0) is 20.2. The number of aromatic nitrogens is 3. The molecule has 0 saturated carbocycles. The van der Waals surface area contributed by atoms with E-state index in [1.165, 1.54) is 23.6 Å². The first-order valence-electron chi connectivity index (χ1n) is 10.5. The van der Waals surface area contributed by atoms with Gasteiger partial charge in [0.15, 0.2) is 0 Å². The maximum absolute atomic E-state index is 5.46. The Morgan fingerprint density at radius 2 is 1.53 bits per heavy atom. The van der Waals surface area contributed by atoms with Crippen molar-refractivity contribution in [3.05, 3.63) is 48.0 Å². The number of rotatable bonds is 5. The van der Waals surface area contributed by atoms with Crippen LogP contribution in [0.25, 0.3) is 10.8 Å². The van der Waals surface area contributed by atoms with Crippen molar-refractivity contribution in [3.8, 4) is 0 Å². The van der Waals surface area contributed by atoms with Gasteiger partial charge >= 0.3 is 0 Å². The minimum Gasteiger partial charge on any atom is -0.378 e. The molecule has 0 bridgehead atoms. The van der Waals surface area contributed by atoms with Crippen LogP contribution in [0.1, 0.15) is 18.4 Å². The van der Waals surface area contributed by atoms with E-state index < -0.39 is 0 Å². The molecular weight excluding hydrogens is 378 g/mol. The summed E-state index contributed by atoms with van der Waals surface area (Å²) in [5, 5.41) is 6.78. The Balaban J connectivity index is 1.37. The normalized spacial score (nSPS) is 17.2. The molecule has 0 unspecified atom stereocenters. The first-order chi connectivity index (χ1) is 14.8. The number of fused-ring (bicyclic) bond motifs is 1. The van der Waals surface area contributed by atoms with Crippen molar-refractivity contribution in [2.24, 2.45) is 5.10 Å². The number of nitrogens with one attached hydrogen (secondary N) is 1. The van der Waals surface area contributed by atoms with E-state index in [-0.39, 0.29) is 0 Å². The molecule has 1 N–H and O–H groups in total. The van der Waals surface area contributed by atoms with Crippen molar-refractivity contribution in [3.63, 3.8) is 0 Å². The molecule has 5 rings (SSSR count). The number of morpholine rings is 1. The molecule has 2 aromatic carbocycles. The van der Waals surface area contributed by atoms with Gasteiger partial charge in [-0.3, -0.25) is 0 Å². The minimum absolute atomic E-state index is 0.463. The lowest BCUT2D eigenvalue weighted by molar-refractivity contribution is 0.122. The second kappa shape index (κ2) is 8.62. The van der Waals surface area contributed by atoms with Crippen LogP contribution in [0.4, 0.5) is 17.8 Å². The van der Waals surface area contributed by atoms with Gasteiger partial charge in [0.2, 0.25) is 17.8 Å². The second-order valence-corrected chi connectivity index (χ2v) is 7.53. The topological polar surface area (TPSA) is 78.8 Å². The monoisotopic (exact) mass is 403 g/mol. The molecule has 8 heteroatoms. The summed E-state index contributed by atoms with van der Waals surface area (Å²) in [6.45, 7) is 4.90. The number of hydrogen-bond donors (Lipinski definition) is 1. The molecule has 0 aliphatic carbocycles. The molecule has 2 aliphatic rings. The van der Waals surface area contributed by atoms with Gasteiger partial charge in [-0.15, -0.1) is 0 Å². The molecule has 0 spiro atoms. The van der Waals surface area contributed by atoms with E-state index in [4.69, 9.17) is 9.72 Å². The van der Waals surface area contributed by atoms with Gasteiger partial charge in [0.25, 0.3) is 0 Å². The van der Waals surface area contributed by atoms with Crippen molar-refractivity contribution in [1.29, 1.82) is 0 Å². The average molecular weight is 403 g/mol. The summed E-state index contributed by atoms with van der Waals surface area (Å²) in [6.07, 6.45) is 4.13. The molecule has 3 aromatic rings. The third-order valence-electron chi connectivity index (χ3n) is 5.45. The summed E-state index contributed by atoms with van der Waals surface area (Å²) in [4.78, 5) is 18.3. The molecule has 1 aromatic heterocycles. The summed E-state index contributed by atoms with van der Waals surface area (Å²) in [7, 11) is 0. The third kappa shape index (κ3) is 4.18. The Hall–Kier alpha value is -3.26. The molecule has 2 saturated heterocycles. The number of hydrazone groups is 1. The van der Waals surface area contributed by atoms with Crippen molar-refractivity contribution in [1.82, 2.24) is 15.0 Å². The van der Waals surface area contributed by atoms with Gasteiger partial charge in [-0.25, -0.2) is 5.43 Å². The standard InChI is InChI=1S/C22H25N7O/c1-2-6-19-15-17(7-8-18(19)5-1)16-23-27-20-24-21(28-9-3-4-10-28)26-22(25-20)29-11-13-30-14-12-29/h1-2,5-8,15-16H,3-4,9-14H2,(H,24,25,26,27)/b23-16-. The highest BCUT2D eigenvalue weighted by Gasteiger charge is 2.21. The van der Waals surface area contributed by atoms with Gasteiger partial charge in [0, 0.05) is 26.2 Å². The summed E-state index contributed by atoms with van der Waals surface area (Å²) in [5.74, 6) is 1.86. The molecular formula is C22H25N7O. The van der Waals surface area contributed by atoms with E-state index in [1.807, 2.05) is 12.1 Å². The highest BCUT2D eigenvalue weighted by molar-refractivity contribution is 5.90. The Kier molecular flexibility index (Phi) is 5.39. The lowest BCUT2D eigenvalue weighted by Gasteiger charge is -2.27. The maximum Gasteiger partial charge on any atom is 0.250 e. The fourth-order valence-electron chi connectivity index (χ4n) is 3.82. The fraction of sp³-hybridized carbons (Fsp3) is 0.364. The van der Waals surface area contributed by atoms with Crippen molar-refractivity contribution in [2.45, 2.75) is 12.8 Å². The van der Waals surface area contributed by atoms with Crippen LogP contribution in [0.3, 0.4) is 0 Å². The molecule has 0 amide bonds. The summed E-state index contributed by atoms with van der Waals surface area (Å²) in [6, 6.07) is 14.6. The molecule has 2 fully saturated rings. The van der Waals surface area contributed by atoms with Crippen LogP contribution >= 0.6 is 0 Å².